The van der Waals surface area contributed by atoms with Crippen molar-refractivity contribution in [3.05, 3.63) is 59.5 Å². The number of aryl methyl sites for hydroxylation is 1. The number of aromatic amines is 1. The second-order valence-corrected chi connectivity index (χ2v) is 5.07. The molecule has 0 unspecified atom stereocenters. The van der Waals surface area contributed by atoms with Gasteiger partial charge in [-0.05, 0) is 37.3 Å². The summed E-state index contributed by atoms with van der Waals surface area (Å²) in [5.74, 6) is -0.900. The van der Waals surface area contributed by atoms with E-state index in [0.717, 1.165) is 16.6 Å². The number of amides is 1. The number of rotatable bonds is 3. The highest BCUT2D eigenvalue weighted by molar-refractivity contribution is 6.09. The molecule has 0 spiro atoms. The number of ether oxygens (including phenoxy) is 1. The van der Waals surface area contributed by atoms with Crippen LogP contribution in [0.5, 0.6) is 0 Å². The zero-order chi connectivity index (χ0) is 16.4. The predicted molar refractivity (Wildman–Crippen MR) is 86.6 cm³/mol. The van der Waals surface area contributed by atoms with Gasteiger partial charge in [-0.2, -0.15) is 0 Å². The summed E-state index contributed by atoms with van der Waals surface area (Å²) in [5, 5.41) is 3.61. The molecule has 0 fully saturated rings. The van der Waals surface area contributed by atoms with Crippen LogP contribution in [0.1, 0.15) is 26.5 Å². The third kappa shape index (κ3) is 2.91. The van der Waals surface area contributed by atoms with Crippen LogP contribution in [0.15, 0.2) is 42.6 Å². The number of fused-ring (bicyclic) bond motifs is 1. The minimum Gasteiger partial charge on any atom is -0.465 e. The second-order valence-electron chi connectivity index (χ2n) is 5.07. The van der Waals surface area contributed by atoms with Crippen LogP contribution in [0.2, 0.25) is 0 Å². The summed E-state index contributed by atoms with van der Waals surface area (Å²) in [4.78, 5) is 31.5. The Kier molecular flexibility index (Phi) is 3.80. The molecule has 3 aromatic rings. The van der Waals surface area contributed by atoms with Crippen molar-refractivity contribution in [2.75, 3.05) is 12.4 Å². The molecule has 6 heteroatoms. The van der Waals surface area contributed by atoms with Gasteiger partial charge in [-0.1, -0.05) is 6.07 Å². The Bertz CT molecular complexity index is 899. The largest absolute Gasteiger partial charge is 0.465 e. The van der Waals surface area contributed by atoms with Gasteiger partial charge >= 0.3 is 5.97 Å². The first kappa shape index (κ1) is 14.8. The van der Waals surface area contributed by atoms with Gasteiger partial charge in [0, 0.05) is 22.8 Å². The van der Waals surface area contributed by atoms with Gasteiger partial charge in [0.05, 0.1) is 18.4 Å². The van der Waals surface area contributed by atoms with E-state index >= 15 is 0 Å². The molecule has 0 aliphatic carbocycles. The zero-order valence-electron chi connectivity index (χ0n) is 12.7. The first-order chi connectivity index (χ1) is 11.1. The van der Waals surface area contributed by atoms with E-state index in [9.17, 15) is 9.59 Å². The molecule has 3 rings (SSSR count). The number of carbonyl (C=O) groups excluding carboxylic acids is 2. The molecule has 6 nitrogen and oxygen atoms in total. The summed E-state index contributed by atoms with van der Waals surface area (Å²) >= 11 is 0. The molecule has 1 amide bonds. The minimum absolute atomic E-state index is 0.281. The van der Waals surface area contributed by atoms with Crippen LogP contribution in [0.4, 0.5) is 5.69 Å². The molecule has 23 heavy (non-hydrogen) atoms. The van der Waals surface area contributed by atoms with Crippen molar-refractivity contribution in [3.63, 3.8) is 0 Å². The van der Waals surface area contributed by atoms with Crippen LogP contribution in [-0.2, 0) is 4.74 Å². The molecule has 0 radical (unpaired) electrons. The van der Waals surface area contributed by atoms with Gasteiger partial charge in [-0.3, -0.25) is 4.79 Å². The van der Waals surface area contributed by atoms with Crippen LogP contribution in [0.3, 0.4) is 0 Å². The van der Waals surface area contributed by atoms with Gasteiger partial charge in [0.15, 0.2) is 0 Å². The second kappa shape index (κ2) is 5.92. The summed E-state index contributed by atoms with van der Waals surface area (Å²) in [6.45, 7) is 1.81. The number of methoxy groups -OCH3 is 1. The first-order valence-electron chi connectivity index (χ1n) is 7.03. The number of benzene rings is 1. The lowest BCUT2D eigenvalue weighted by molar-refractivity contribution is 0.0602. The number of hydrogen-bond donors (Lipinski definition) is 2. The van der Waals surface area contributed by atoms with Crippen molar-refractivity contribution in [1.82, 2.24) is 9.97 Å². The van der Waals surface area contributed by atoms with E-state index in [0.29, 0.717) is 5.69 Å². The van der Waals surface area contributed by atoms with E-state index in [1.807, 2.05) is 19.1 Å². The maximum Gasteiger partial charge on any atom is 0.340 e. The number of aromatic nitrogens is 2. The minimum atomic E-state index is -0.519. The number of pyridine rings is 1. The predicted octanol–water partition coefficient (Wildman–Crippen LogP) is 2.91. The van der Waals surface area contributed by atoms with Crippen molar-refractivity contribution in [1.29, 1.82) is 0 Å². The van der Waals surface area contributed by atoms with Crippen LogP contribution in [0, 0.1) is 6.92 Å². The van der Waals surface area contributed by atoms with Gasteiger partial charge in [-0.25, -0.2) is 9.78 Å². The van der Waals surface area contributed by atoms with Gasteiger partial charge in [0.25, 0.3) is 5.91 Å². The summed E-state index contributed by atoms with van der Waals surface area (Å²) in [7, 11) is 1.30. The molecule has 0 aliphatic rings. The smallest absolute Gasteiger partial charge is 0.340 e. The normalized spacial score (nSPS) is 10.5. The third-order valence-corrected chi connectivity index (χ3v) is 3.47. The molecule has 2 aromatic heterocycles. The van der Waals surface area contributed by atoms with Crippen molar-refractivity contribution >= 4 is 28.5 Å². The maximum absolute atomic E-state index is 12.4. The number of esters is 1. The molecule has 0 bridgehead atoms. The first-order valence-corrected chi connectivity index (χ1v) is 7.03. The summed E-state index contributed by atoms with van der Waals surface area (Å²) in [6.07, 6.45) is 1.76. The lowest BCUT2D eigenvalue weighted by Crippen LogP contribution is -2.17. The molecule has 116 valence electrons. The van der Waals surface area contributed by atoms with E-state index in [2.05, 4.69) is 15.3 Å². The van der Waals surface area contributed by atoms with Crippen molar-refractivity contribution in [2.45, 2.75) is 6.92 Å². The number of nitrogens with zero attached hydrogens (tertiary/aromatic N) is 1. The fourth-order valence-electron chi connectivity index (χ4n) is 2.34. The molecule has 1 aromatic carbocycles. The van der Waals surface area contributed by atoms with Crippen LogP contribution in [0.25, 0.3) is 10.9 Å². The SMILES string of the molecule is COC(=O)c1cc2[nH]ccc2cc1NC(=O)c1cccc(C)n1. The molecule has 0 atom stereocenters. The topological polar surface area (TPSA) is 84.1 Å². The van der Waals surface area contributed by atoms with Crippen molar-refractivity contribution in [2.24, 2.45) is 0 Å². The van der Waals surface area contributed by atoms with Crippen molar-refractivity contribution in [3.8, 4) is 0 Å². The Hall–Kier alpha value is -3.15. The monoisotopic (exact) mass is 309 g/mol. The van der Waals surface area contributed by atoms with E-state index < -0.39 is 5.97 Å². The van der Waals surface area contributed by atoms with E-state index in [4.69, 9.17) is 4.74 Å². The Morgan fingerprint density at radius 2 is 2.04 bits per heavy atom. The lowest BCUT2D eigenvalue weighted by atomic mass is 10.1. The Balaban J connectivity index is 2.00. The fourth-order valence-corrected chi connectivity index (χ4v) is 2.34. The molecular weight excluding hydrogens is 294 g/mol. The standard InChI is InChI=1S/C17H15N3O3/c1-10-4-3-5-13(19-10)16(21)20-15-8-11-6-7-18-14(11)9-12(15)17(22)23-2/h3-9,18H,1-2H3,(H,20,21). The highest BCUT2D eigenvalue weighted by Gasteiger charge is 2.17. The maximum atomic E-state index is 12.4. The number of hydrogen-bond acceptors (Lipinski definition) is 4. The number of anilines is 1. The molecule has 0 saturated heterocycles. The molecule has 2 N–H and O–H groups in total. The van der Waals surface area contributed by atoms with Crippen molar-refractivity contribution < 1.29 is 14.3 Å². The zero-order valence-corrected chi connectivity index (χ0v) is 12.7. The van der Waals surface area contributed by atoms with Gasteiger partial charge in [-0.15, -0.1) is 0 Å². The highest BCUT2D eigenvalue weighted by Crippen LogP contribution is 2.24. The average Bonchev–Trinajstić information content (AvgIpc) is 3.00. The third-order valence-electron chi connectivity index (χ3n) is 3.47. The lowest BCUT2D eigenvalue weighted by Gasteiger charge is -2.10. The summed E-state index contributed by atoms with van der Waals surface area (Å²) in [6, 6.07) is 10.4. The van der Waals surface area contributed by atoms with E-state index in [1.54, 1.807) is 30.5 Å². The van der Waals surface area contributed by atoms with E-state index in [-0.39, 0.29) is 17.2 Å². The number of carbonyl (C=O) groups is 2. The average molecular weight is 309 g/mol. The molecule has 0 saturated carbocycles. The van der Waals surface area contributed by atoms with Gasteiger partial charge in [0.2, 0.25) is 0 Å². The number of nitrogens with one attached hydrogen (secondary N) is 2. The molecule has 0 aliphatic heterocycles. The van der Waals surface area contributed by atoms with Gasteiger partial charge < -0.3 is 15.0 Å². The van der Waals surface area contributed by atoms with Gasteiger partial charge in [0.1, 0.15) is 5.69 Å². The Labute approximate surface area is 132 Å². The van der Waals surface area contributed by atoms with Crippen LogP contribution < -0.4 is 5.32 Å². The quantitative estimate of drug-likeness (QED) is 0.729. The summed E-state index contributed by atoms with van der Waals surface area (Å²) < 4.78 is 4.79. The molecular formula is C17H15N3O3. The molecule has 2 heterocycles. The Morgan fingerprint density at radius 3 is 2.78 bits per heavy atom. The van der Waals surface area contributed by atoms with Crippen LogP contribution in [-0.4, -0.2) is 29.0 Å². The fraction of sp³-hybridized carbons (Fsp3) is 0.118. The summed E-state index contributed by atoms with van der Waals surface area (Å²) in [5.41, 5.74) is 2.49. The highest BCUT2D eigenvalue weighted by atomic mass is 16.5. The van der Waals surface area contributed by atoms with Crippen LogP contribution >= 0.6 is 0 Å². The Morgan fingerprint density at radius 1 is 1.22 bits per heavy atom. The van der Waals surface area contributed by atoms with E-state index in [1.165, 1.54) is 7.11 Å². The number of H-pyrrole nitrogens is 1.